The second kappa shape index (κ2) is 5.25. The van der Waals surface area contributed by atoms with Crippen molar-refractivity contribution in [3.63, 3.8) is 0 Å². The maximum atomic E-state index is 11.4. The molecule has 5 nitrogen and oxygen atoms in total. The first-order valence-corrected chi connectivity index (χ1v) is 7.82. The maximum absolute atomic E-state index is 11.4. The molecule has 22 heavy (non-hydrogen) atoms. The Balaban J connectivity index is 1.65. The summed E-state index contributed by atoms with van der Waals surface area (Å²) in [4.78, 5) is 11.4. The number of hydrogen-bond donors (Lipinski definition) is 2. The normalized spacial score (nSPS) is 19.5. The Morgan fingerprint density at radius 1 is 1.09 bits per heavy atom. The van der Waals surface area contributed by atoms with E-state index in [-0.39, 0.29) is 11.2 Å². The van der Waals surface area contributed by atoms with Crippen LogP contribution in [0.25, 0.3) is 11.1 Å². The Morgan fingerprint density at radius 3 is 2.77 bits per heavy atom. The summed E-state index contributed by atoms with van der Waals surface area (Å²) in [5, 5.41) is 9.67. The van der Waals surface area contributed by atoms with Gasteiger partial charge >= 0.3 is 0 Å². The first kappa shape index (κ1) is 13.5. The largest absolute Gasteiger partial charge is 0.487 e. The number of aryl methyl sites for hydroxylation is 1. The highest BCUT2D eigenvalue weighted by atomic mass is 16.5. The molecule has 1 saturated heterocycles. The molecule has 1 spiro atoms. The number of nitrogens with zero attached hydrogens (tertiary/aromatic N) is 1. The average Bonchev–Trinajstić information content (AvgIpc) is 2.55. The van der Waals surface area contributed by atoms with Crippen LogP contribution < -0.4 is 15.6 Å². The molecule has 2 aliphatic heterocycles. The Bertz CT molecular complexity index is 748. The summed E-state index contributed by atoms with van der Waals surface area (Å²) in [6.45, 7) is 2.07. The van der Waals surface area contributed by atoms with E-state index in [1.54, 1.807) is 12.3 Å². The van der Waals surface area contributed by atoms with Gasteiger partial charge in [-0.05, 0) is 62.0 Å². The van der Waals surface area contributed by atoms with E-state index in [0.29, 0.717) is 0 Å². The smallest absolute Gasteiger partial charge is 0.264 e. The number of benzene rings is 1. The highest BCUT2D eigenvalue weighted by molar-refractivity contribution is 5.64. The standard InChI is InChI=1S/C17H19N3O2/c21-16-10-14(11-19-20-16)12-1-2-15-13(9-12)3-4-17(22-15)5-7-18-8-6-17/h1-2,9-11,18H,3-8H2,(H,20,21). The summed E-state index contributed by atoms with van der Waals surface area (Å²) >= 11 is 0. The zero-order chi connectivity index (χ0) is 15.0. The van der Waals surface area contributed by atoms with Crippen LogP contribution in [0, 0.1) is 0 Å². The molecule has 1 fully saturated rings. The summed E-state index contributed by atoms with van der Waals surface area (Å²) < 4.78 is 6.35. The Kier molecular flexibility index (Phi) is 3.22. The number of fused-ring (bicyclic) bond motifs is 1. The molecule has 0 radical (unpaired) electrons. The lowest BCUT2D eigenvalue weighted by Gasteiger charge is -2.41. The van der Waals surface area contributed by atoms with Crippen LogP contribution in [0.4, 0.5) is 0 Å². The molecule has 1 aromatic carbocycles. The van der Waals surface area contributed by atoms with E-state index in [9.17, 15) is 4.79 Å². The molecule has 0 atom stereocenters. The number of aromatic nitrogens is 2. The van der Waals surface area contributed by atoms with Crippen molar-refractivity contribution in [2.75, 3.05) is 13.1 Å². The Labute approximate surface area is 128 Å². The highest BCUT2D eigenvalue weighted by Gasteiger charge is 2.37. The van der Waals surface area contributed by atoms with Crippen molar-refractivity contribution in [2.24, 2.45) is 0 Å². The van der Waals surface area contributed by atoms with Crippen LogP contribution in [0.2, 0.25) is 0 Å². The molecule has 0 aliphatic carbocycles. The molecule has 1 aromatic heterocycles. The molecule has 0 unspecified atom stereocenters. The van der Waals surface area contributed by atoms with Gasteiger partial charge in [-0.25, -0.2) is 5.10 Å². The average molecular weight is 297 g/mol. The van der Waals surface area contributed by atoms with E-state index in [1.165, 1.54) is 5.56 Å². The monoisotopic (exact) mass is 297 g/mol. The number of rotatable bonds is 1. The number of ether oxygens (including phenoxy) is 1. The van der Waals surface area contributed by atoms with E-state index in [1.807, 2.05) is 12.1 Å². The zero-order valence-electron chi connectivity index (χ0n) is 12.4. The lowest BCUT2D eigenvalue weighted by atomic mass is 9.83. The number of hydrogen-bond acceptors (Lipinski definition) is 4. The molecule has 114 valence electrons. The highest BCUT2D eigenvalue weighted by Crippen LogP contribution is 2.39. The van der Waals surface area contributed by atoms with Crippen molar-refractivity contribution in [1.82, 2.24) is 15.5 Å². The molecule has 0 amide bonds. The summed E-state index contributed by atoms with van der Waals surface area (Å²) in [7, 11) is 0. The SMILES string of the molecule is O=c1cc(-c2ccc3c(c2)CCC2(CCNCC2)O3)cn[nH]1. The van der Waals surface area contributed by atoms with E-state index in [2.05, 4.69) is 21.6 Å². The molecule has 2 aromatic rings. The number of aromatic amines is 1. The summed E-state index contributed by atoms with van der Waals surface area (Å²) in [6.07, 6.45) is 5.93. The van der Waals surface area contributed by atoms with E-state index >= 15 is 0 Å². The van der Waals surface area contributed by atoms with Gasteiger partial charge in [0.25, 0.3) is 5.56 Å². The first-order chi connectivity index (χ1) is 10.7. The predicted octanol–water partition coefficient (Wildman–Crippen LogP) is 1.88. The van der Waals surface area contributed by atoms with E-state index in [4.69, 9.17) is 4.74 Å². The molecule has 2 N–H and O–H groups in total. The first-order valence-electron chi connectivity index (χ1n) is 7.82. The van der Waals surface area contributed by atoms with E-state index < -0.39 is 0 Å². The van der Waals surface area contributed by atoms with Gasteiger partial charge in [-0.15, -0.1) is 0 Å². The van der Waals surface area contributed by atoms with Crippen molar-refractivity contribution in [1.29, 1.82) is 0 Å². The van der Waals surface area contributed by atoms with Crippen LogP contribution in [0.15, 0.2) is 35.3 Å². The molecular weight excluding hydrogens is 278 g/mol. The quantitative estimate of drug-likeness (QED) is 0.843. The van der Waals surface area contributed by atoms with Crippen LogP contribution in [0.5, 0.6) is 5.75 Å². The van der Waals surface area contributed by atoms with Gasteiger partial charge in [0, 0.05) is 11.6 Å². The fraction of sp³-hybridized carbons (Fsp3) is 0.412. The van der Waals surface area contributed by atoms with Crippen molar-refractivity contribution in [3.05, 3.63) is 46.4 Å². The van der Waals surface area contributed by atoms with Crippen LogP contribution in [0.1, 0.15) is 24.8 Å². The third-order valence-electron chi connectivity index (χ3n) is 4.75. The molecule has 0 saturated carbocycles. The fourth-order valence-electron chi connectivity index (χ4n) is 3.47. The van der Waals surface area contributed by atoms with Crippen molar-refractivity contribution in [3.8, 4) is 16.9 Å². The third-order valence-corrected chi connectivity index (χ3v) is 4.75. The van der Waals surface area contributed by atoms with E-state index in [0.717, 1.165) is 55.6 Å². The second-order valence-electron chi connectivity index (χ2n) is 6.19. The summed E-state index contributed by atoms with van der Waals surface area (Å²) in [5.74, 6) is 0.995. The van der Waals surface area contributed by atoms with Crippen LogP contribution >= 0.6 is 0 Å². The topological polar surface area (TPSA) is 67.0 Å². The van der Waals surface area contributed by atoms with Gasteiger partial charge in [0.15, 0.2) is 0 Å². The van der Waals surface area contributed by atoms with Crippen molar-refractivity contribution >= 4 is 0 Å². The minimum Gasteiger partial charge on any atom is -0.487 e. The third kappa shape index (κ3) is 2.41. The Hall–Kier alpha value is -2.14. The van der Waals surface area contributed by atoms with Crippen LogP contribution in [-0.2, 0) is 6.42 Å². The fourth-order valence-corrected chi connectivity index (χ4v) is 3.47. The molecule has 0 bridgehead atoms. The zero-order valence-corrected chi connectivity index (χ0v) is 12.4. The van der Waals surface area contributed by atoms with Crippen LogP contribution in [0.3, 0.4) is 0 Å². The summed E-state index contributed by atoms with van der Waals surface area (Å²) in [6, 6.07) is 7.75. The minimum absolute atomic E-state index is 0.0191. The van der Waals surface area contributed by atoms with Crippen molar-refractivity contribution in [2.45, 2.75) is 31.3 Å². The molecule has 2 aliphatic rings. The lowest BCUT2D eigenvalue weighted by Crippen LogP contribution is -2.48. The number of piperidine rings is 1. The van der Waals surface area contributed by atoms with Gasteiger partial charge in [0.1, 0.15) is 11.4 Å². The molecule has 4 rings (SSSR count). The predicted molar refractivity (Wildman–Crippen MR) is 84.1 cm³/mol. The number of H-pyrrole nitrogens is 1. The summed E-state index contributed by atoms with van der Waals surface area (Å²) in [5.41, 5.74) is 2.92. The Morgan fingerprint density at radius 2 is 1.95 bits per heavy atom. The van der Waals surface area contributed by atoms with Crippen molar-refractivity contribution < 1.29 is 4.74 Å². The maximum Gasteiger partial charge on any atom is 0.264 e. The minimum atomic E-state index is -0.180. The molecular formula is C17H19N3O2. The van der Waals surface area contributed by atoms with Gasteiger partial charge in [0.05, 0.1) is 6.20 Å². The van der Waals surface area contributed by atoms with Gasteiger partial charge in [0.2, 0.25) is 0 Å². The van der Waals surface area contributed by atoms with Gasteiger partial charge < -0.3 is 10.1 Å². The molecule has 5 heteroatoms. The lowest BCUT2D eigenvalue weighted by molar-refractivity contribution is 0.0170. The number of nitrogens with one attached hydrogen (secondary N) is 2. The molecule has 3 heterocycles. The second-order valence-corrected chi connectivity index (χ2v) is 6.19. The van der Waals surface area contributed by atoms with Gasteiger partial charge in [-0.3, -0.25) is 4.79 Å². The van der Waals surface area contributed by atoms with Crippen LogP contribution in [-0.4, -0.2) is 28.9 Å². The van der Waals surface area contributed by atoms with Gasteiger partial charge in [-0.1, -0.05) is 6.07 Å². The van der Waals surface area contributed by atoms with Gasteiger partial charge in [-0.2, -0.15) is 5.10 Å².